The molecule has 24 heavy (non-hydrogen) atoms. The predicted octanol–water partition coefficient (Wildman–Crippen LogP) is 4.17. The van der Waals surface area contributed by atoms with Gasteiger partial charge in [0.15, 0.2) is 0 Å². The second kappa shape index (κ2) is 6.07. The molecule has 6 heteroatoms. The van der Waals surface area contributed by atoms with Crippen LogP contribution in [0, 0.1) is 11.7 Å². The third-order valence-electron chi connectivity index (χ3n) is 4.00. The van der Waals surface area contributed by atoms with Crippen molar-refractivity contribution in [2.75, 3.05) is 0 Å². The van der Waals surface area contributed by atoms with Gasteiger partial charge in [-0.05, 0) is 58.6 Å². The lowest BCUT2D eigenvalue weighted by molar-refractivity contribution is 0.0505. The van der Waals surface area contributed by atoms with Gasteiger partial charge in [0.1, 0.15) is 17.2 Å². The largest absolute Gasteiger partial charge is 0.444 e. The zero-order chi connectivity index (χ0) is 17.5. The molecule has 1 fully saturated rings. The van der Waals surface area contributed by atoms with Gasteiger partial charge in [0.05, 0.1) is 17.1 Å². The van der Waals surface area contributed by atoms with Gasteiger partial charge >= 0.3 is 6.09 Å². The summed E-state index contributed by atoms with van der Waals surface area (Å²) in [5, 5.41) is 2.82. The fourth-order valence-corrected chi connectivity index (χ4v) is 2.75. The molecule has 1 saturated carbocycles. The number of benzene rings is 1. The standard InChI is InChI=1S/C18H24FN3O2/c1-11(20-17(23)24-18(2,3)4)16-21-14-9-13(19)7-8-15(14)22(16)10-12-5-6-12/h7-9,11-12H,5-6,10H2,1-4H3,(H,20,23). The molecule has 1 atom stereocenters. The van der Waals surface area contributed by atoms with E-state index in [4.69, 9.17) is 4.74 Å². The minimum absolute atomic E-state index is 0.308. The van der Waals surface area contributed by atoms with E-state index in [0.29, 0.717) is 11.4 Å². The van der Waals surface area contributed by atoms with Gasteiger partial charge in [-0.1, -0.05) is 0 Å². The molecule has 1 aliphatic rings. The van der Waals surface area contributed by atoms with E-state index in [1.165, 1.54) is 25.0 Å². The van der Waals surface area contributed by atoms with Crippen LogP contribution in [0.2, 0.25) is 0 Å². The van der Waals surface area contributed by atoms with Gasteiger partial charge in [0.2, 0.25) is 0 Å². The number of imidazole rings is 1. The molecule has 2 aromatic rings. The van der Waals surface area contributed by atoms with Crippen LogP contribution in [0.1, 0.15) is 52.4 Å². The van der Waals surface area contributed by atoms with Crippen molar-refractivity contribution in [2.45, 2.75) is 58.7 Å². The number of aromatic nitrogens is 2. The number of carbonyl (C=O) groups is 1. The Bertz CT molecular complexity index is 759. The van der Waals surface area contributed by atoms with Crippen LogP contribution in [-0.2, 0) is 11.3 Å². The molecule has 0 bridgehead atoms. The summed E-state index contributed by atoms with van der Waals surface area (Å²) < 4.78 is 20.9. The molecular formula is C18H24FN3O2. The summed E-state index contributed by atoms with van der Waals surface area (Å²) in [7, 11) is 0. The molecule has 0 aliphatic heterocycles. The van der Waals surface area contributed by atoms with Crippen LogP contribution in [0.15, 0.2) is 18.2 Å². The number of carbonyl (C=O) groups excluding carboxylic acids is 1. The van der Waals surface area contributed by atoms with Gasteiger partial charge < -0.3 is 14.6 Å². The summed E-state index contributed by atoms with van der Waals surface area (Å²) in [5.41, 5.74) is 0.959. The van der Waals surface area contributed by atoms with Crippen LogP contribution in [0.3, 0.4) is 0 Å². The second-order valence-electron chi connectivity index (χ2n) is 7.52. The zero-order valence-corrected chi connectivity index (χ0v) is 14.6. The summed E-state index contributed by atoms with van der Waals surface area (Å²) in [5.74, 6) is 1.06. The number of hydrogen-bond donors (Lipinski definition) is 1. The van der Waals surface area contributed by atoms with Gasteiger partial charge in [0.25, 0.3) is 0 Å². The highest BCUT2D eigenvalue weighted by Gasteiger charge is 2.27. The molecule has 1 aromatic carbocycles. The SMILES string of the molecule is CC(NC(=O)OC(C)(C)C)c1nc2cc(F)ccc2n1CC1CC1. The van der Waals surface area contributed by atoms with Crippen molar-refractivity contribution in [1.29, 1.82) is 0 Å². The quantitative estimate of drug-likeness (QED) is 0.913. The number of fused-ring (bicyclic) bond motifs is 1. The van der Waals surface area contributed by atoms with E-state index in [0.717, 1.165) is 17.9 Å². The highest BCUT2D eigenvalue weighted by atomic mass is 19.1. The Labute approximate surface area is 141 Å². The van der Waals surface area contributed by atoms with Crippen LogP contribution >= 0.6 is 0 Å². The first-order valence-electron chi connectivity index (χ1n) is 8.38. The number of rotatable bonds is 4. The van der Waals surface area contributed by atoms with Crippen molar-refractivity contribution in [3.05, 3.63) is 29.8 Å². The molecule has 0 saturated heterocycles. The third-order valence-corrected chi connectivity index (χ3v) is 4.00. The van der Waals surface area contributed by atoms with Crippen LogP contribution in [0.5, 0.6) is 0 Å². The predicted molar refractivity (Wildman–Crippen MR) is 90.2 cm³/mol. The summed E-state index contributed by atoms with van der Waals surface area (Å²) in [4.78, 5) is 16.6. The molecule has 0 radical (unpaired) electrons. The summed E-state index contributed by atoms with van der Waals surface area (Å²) >= 11 is 0. The highest BCUT2D eigenvalue weighted by Crippen LogP contribution is 2.33. The first-order valence-corrected chi connectivity index (χ1v) is 8.38. The van der Waals surface area contributed by atoms with Crippen LogP contribution in [0.25, 0.3) is 11.0 Å². The molecule has 3 rings (SSSR count). The van der Waals surface area contributed by atoms with Gasteiger partial charge in [-0.3, -0.25) is 0 Å². The summed E-state index contributed by atoms with van der Waals surface area (Å²) in [6.45, 7) is 8.18. The van der Waals surface area contributed by atoms with Crippen molar-refractivity contribution in [3.63, 3.8) is 0 Å². The number of alkyl carbamates (subject to hydrolysis) is 1. The topological polar surface area (TPSA) is 56.1 Å². The van der Waals surface area contributed by atoms with Gasteiger partial charge in [-0.2, -0.15) is 0 Å². The van der Waals surface area contributed by atoms with E-state index >= 15 is 0 Å². The fourth-order valence-electron chi connectivity index (χ4n) is 2.75. The first kappa shape index (κ1) is 16.7. The molecule has 0 spiro atoms. The van der Waals surface area contributed by atoms with E-state index < -0.39 is 11.7 Å². The van der Waals surface area contributed by atoms with Gasteiger partial charge in [-0.25, -0.2) is 14.2 Å². The number of amides is 1. The van der Waals surface area contributed by atoms with E-state index in [2.05, 4.69) is 14.9 Å². The Morgan fingerprint density at radius 1 is 1.46 bits per heavy atom. The van der Waals surface area contributed by atoms with Crippen LogP contribution in [0.4, 0.5) is 9.18 Å². The Balaban J connectivity index is 1.87. The maximum atomic E-state index is 13.5. The summed E-state index contributed by atoms with van der Waals surface area (Å²) in [6.07, 6.45) is 1.92. The molecule has 1 amide bonds. The van der Waals surface area contributed by atoms with Crippen molar-refractivity contribution in [1.82, 2.24) is 14.9 Å². The van der Waals surface area contributed by atoms with E-state index in [1.54, 1.807) is 6.07 Å². The number of nitrogens with one attached hydrogen (secondary N) is 1. The van der Waals surface area contributed by atoms with Crippen LogP contribution < -0.4 is 5.32 Å². The van der Waals surface area contributed by atoms with E-state index in [1.807, 2.05) is 27.7 Å². The Hall–Kier alpha value is -2.11. The second-order valence-corrected chi connectivity index (χ2v) is 7.52. The lowest BCUT2D eigenvalue weighted by Gasteiger charge is -2.22. The Kier molecular flexibility index (Phi) is 4.24. The average Bonchev–Trinajstić information content (AvgIpc) is 3.18. The fraction of sp³-hybridized carbons (Fsp3) is 0.556. The normalized spacial score (nSPS) is 16.2. The monoisotopic (exact) mass is 333 g/mol. The maximum absolute atomic E-state index is 13.5. The van der Waals surface area contributed by atoms with E-state index in [9.17, 15) is 9.18 Å². The number of nitrogens with zero attached hydrogens (tertiary/aromatic N) is 2. The van der Waals surface area contributed by atoms with Gasteiger partial charge in [0, 0.05) is 12.6 Å². The minimum Gasteiger partial charge on any atom is -0.444 e. The lowest BCUT2D eigenvalue weighted by Crippen LogP contribution is -2.35. The smallest absolute Gasteiger partial charge is 0.408 e. The van der Waals surface area contributed by atoms with Crippen molar-refractivity contribution < 1.29 is 13.9 Å². The third kappa shape index (κ3) is 3.86. The molecule has 5 nitrogen and oxygen atoms in total. The van der Waals surface area contributed by atoms with Gasteiger partial charge in [-0.15, -0.1) is 0 Å². The van der Waals surface area contributed by atoms with Crippen LogP contribution in [-0.4, -0.2) is 21.2 Å². The van der Waals surface area contributed by atoms with E-state index in [-0.39, 0.29) is 11.9 Å². The minimum atomic E-state index is -0.554. The van der Waals surface area contributed by atoms with Crippen molar-refractivity contribution in [3.8, 4) is 0 Å². The lowest BCUT2D eigenvalue weighted by atomic mass is 10.2. The molecular weight excluding hydrogens is 309 g/mol. The van der Waals surface area contributed by atoms with Crippen molar-refractivity contribution in [2.24, 2.45) is 5.92 Å². The Morgan fingerprint density at radius 3 is 2.79 bits per heavy atom. The molecule has 1 aromatic heterocycles. The number of halogens is 1. The maximum Gasteiger partial charge on any atom is 0.408 e. The highest BCUT2D eigenvalue weighted by molar-refractivity contribution is 5.76. The zero-order valence-electron chi connectivity index (χ0n) is 14.6. The number of hydrogen-bond acceptors (Lipinski definition) is 3. The summed E-state index contributed by atoms with van der Waals surface area (Å²) in [6, 6.07) is 4.31. The Morgan fingerprint density at radius 2 is 2.17 bits per heavy atom. The first-order chi connectivity index (χ1) is 11.2. The molecule has 1 unspecified atom stereocenters. The number of ether oxygens (including phenoxy) is 1. The van der Waals surface area contributed by atoms with Crippen molar-refractivity contribution >= 4 is 17.1 Å². The molecule has 1 heterocycles. The molecule has 1 aliphatic carbocycles. The molecule has 1 N–H and O–H groups in total. The average molecular weight is 333 g/mol. The molecule has 130 valence electrons.